The van der Waals surface area contributed by atoms with Gasteiger partial charge in [0.2, 0.25) is 0 Å². The van der Waals surface area contributed by atoms with Crippen LogP contribution in [0.3, 0.4) is 0 Å². The lowest BCUT2D eigenvalue weighted by molar-refractivity contribution is 0.435. The molecule has 0 fully saturated rings. The number of fused-ring (bicyclic) bond motifs is 1. The fraction of sp³-hybridized carbons (Fsp3) is 0. The van der Waals surface area contributed by atoms with Crippen LogP contribution in [0.2, 0.25) is 5.02 Å². The highest BCUT2D eigenvalue weighted by atomic mass is 35.5. The van der Waals surface area contributed by atoms with E-state index in [-0.39, 0.29) is 10.4 Å². The Bertz CT molecular complexity index is 511. The molecule has 0 unspecified atom stereocenters. The maximum atomic E-state index is 13.3. The third kappa shape index (κ3) is 1.30. The molecule has 0 atom stereocenters. The first kappa shape index (κ1) is 9.21. The Morgan fingerprint density at radius 3 is 2.57 bits per heavy atom. The zero-order chi connectivity index (χ0) is 10.3. The normalized spacial score (nSPS) is 10.8. The van der Waals surface area contributed by atoms with Crippen LogP contribution in [0.25, 0.3) is 10.8 Å². The Labute approximate surface area is 83.5 Å². The number of phenols is 1. The lowest BCUT2D eigenvalue weighted by atomic mass is 10.1. The quantitative estimate of drug-likeness (QED) is 0.712. The van der Waals surface area contributed by atoms with Crippen LogP contribution in [-0.2, 0) is 0 Å². The Kier molecular flexibility index (Phi) is 2.04. The maximum absolute atomic E-state index is 13.3. The molecule has 0 saturated heterocycles. The summed E-state index contributed by atoms with van der Waals surface area (Å²) >= 11 is 5.59. The number of benzene rings is 2. The first-order chi connectivity index (χ1) is 6.59. The van der Waals surface area contributed by atoms with Crippen LogP contribution in [0.4, 0.5) is 8.78 Å². The van der Waals surface area contributed by atoms with E-state index < -0.39 is 17.4 Å². The highest BCUT2D eigenvalue weighted by Crippen LogP contribution is 2.29. The largest absolute Gasteiger partial charge is 0.505 e. The lowest BCUT2D eigenvalue weighted by Gasteiger charge is -2.03. The molecule has 0 radical (unpaired) electrons. The Balaban J connectivity index is 2.95. The van der Waals surface area contributed by atoms with Gasteiger partial charge in [-0.05, 0) is 23.6 Å². The molecule has 0 aliphatic rings. The van der Waals surface area contributed by atoms with Gasteiger partial charge in [0.25, 0.3) is 0 Å². The molecule has 0 heterocycles. The smallest absolute Gasteiger partial charge is 0.175 e. The third-order valence-electron chi connectivity index (χ3n) is 1.95. The summed E-state index contributed by atoms with van der Waals surface area (Å²) in [6, 6.07) is 5.00. The molecule has 0 bridgehead atoms. The van der Waals surface area contributed by atoms with E-state index in [2.05, 4.69) is 0 Å². The van der Waals surface area contributed by atoms with Gasteiger partial charge in [0.15, 0.2) is 11.6 Å². The summed E-state index contributed by atoms with van der Waals surface area (Å²) < 4.78 is 26.5. The zero-order valence-corrected chi connectivity index (χ0v) is 7.65. The summed E-state index contributed by atoms with van der Waals surface area (Å²) in [5.41, 5.74) is 0. The van der Waals surface area contributed by atoms with Crippen LogP contribution in [0.1, 0.15) is 0 Å². The van der Waals surface area contributed by atoms with Crippen molar-refractivity contribution in [2.75, 3.05) is 0 Å². The van der Waals surface area contributed by atoms with Gasteiger partial charge in [-0.15, -0.1) is 0 Å². The van der Waals surface area contributed by atoms with Crippen molar-refractivity contribution in [3.05, 3.63) is 40.9 Å². The van der Waals surface area contributed by atoms with Crippen LogP contribution in [0.15, 0.2) is 24.3 Å². The Morgan fingerprint density at radius 2 is 1.86 bits per heavy atom. The van der Waals surface area contributed by atoms with Gasteiger partial charge in [0.1, 0.15) is 5.82 Å². The van der Waals surface area contributed by atoms with E-state index in [9.17, 15) is 8.78 Å². The molecule has 0 spiro atoms. The van der Waals surface area contributed by atoms with E-state index in [1.54, 1.807) is 0 Å². The molecule has 4 heteroatoms. The van der Waals surface area contributed by atoms with Crippen molar-refractivity contribution < 1.29 is 13.9 Å². The monoisotopic (exact) mass is 214 g/mol. The van der Waals surface area contributed by atoms with Crippen molar-refractivity contribution in [3.63, 3.8) is 0 Å². The molecule has 1 nitrogen and oxygen atoms in total. The number of halogens is 3. The number of rotatable bonds is 0. The average Bonchev–Trinajstić information content (AvgIpc) is 2.10. The average molecular weight is 215 g/mol. The second-order valence-electron chi connectivity index (χ2n) is 2.88. The predicted octanol–water partition coefficient (Wildman–Crippen LogP) is 3.48. The molecule has 0 aliphatic heterocycles. The van der Waals surface area contributed by atoms with E-state index >= 15 is 0 Å². The van der Waals surface area contributed by atoms with Gasteiger partial charge in [0.05, 0.1) is 5.39 Å². The maximum Gasteiger partial charge on any atom is 0.175 e. The topological polar surface area (TPSA) is 20.2 Å². The number of hydrogen-bond acceptors (Lipinski definition) is 1. The molecule has 2 aromatic carbocycles. The van der Waals surface area contributed by atoms with Gasteiger partial charge in [-0.25, -0.2) is 8.78 Å². The van der Waals surface area contributed by atoms with Crippen LogP contribution in [-0.4, -0.2) is 5.11 Å². The molecular weight excluding hydrogens is 210 g/mol. The van der Waals surface area contributed by atoms with Crippen molar-refractivity contribution >= 4 is 22.4 Å². The highest BCUT2D eigenvalue weighted by molar-refractivity contribution is 6.31. The van der Waals surface area contributed by atoms with Crippen molar-refractivity contribution in [2.24, 2.45) is 0 Å². The SMILES string of the molecule is Oc1ccc2cc(Cl)cc(F)c2c1F. The fourth-order valence-electron chi connectivity index (χ4n) is 1.33. The van der Waals surface area contributed by atoms with Crippen LogP contribution >= 0.6 is 11.6 Å². The van der Waals surface area contributed by atoms with E-state index in [1.807, 2.05) is 0 Å². The van der Waals surface area contributed by atoms with Gasteiger partial charge >= 0.3 is 0 Å². The number of hydrogen-bond donors (Lipinski definition) is 1. The first-order valence-corrected chi connectivity index (χ1v) is 4.23. The number of aromatic hydroxyl groups is 1. The van der Waals surface area contributed by atoms with Gasteiger partial charge in [0, 0.05) is 5.02 Å². The van der Waals surface area contributed by atoms with Crippen molar-refractivity contribution in [1.82, 2.24) is 0 Å². The van der Waals surface area contributed by atoms with Crippen molar-refractivity contribution in [3.8, 4) is 5.75 Å². The third-order valence-corrected chi connectivity index (χ3v) is 2.17. The van der Waals surface area contributed by atoms with Gasteiger partial charge in [-0.1, -0.05) is 17.7 Å². The van der Waals surface area contributed by atoms with Crippen LogP contribution in [0, 0.1) is 11.6 Å². The van der Waals surface area contributed by atoms with Gasteiger partial charge < -0.3 is 5.11 Å². The van der Waals surface area contributed by atoms with E-state index in [4.69, 9.17) is 16.7 Å². The number of phenolic OH excluding ortho intramolecular Hbond substituents is 1. The van der Waals surface area contributed by atoms with Crippen molar-refractivity contribution in [2.45, 2.75) is 0 Å². The molecule has 0 saturated carbocycles. The standard InChI is InChI=1S/C10H5ClF2O/c11-6-3-5-1-2-8(14)10(13)9(5)7(12)4-6/h1-4,14H. The summed E-state index contributed by atoms with van der Waals surface area (Å²) in [6.45, 7) is 0. The van der Waals surface area contributed by atoms with E-state index in [0.717, 1.165) is 12.1 Å². The van der Waals surface area contributed by atoms with Gasteiger partial charge in [-0.3, -0.25) is 0 Å². The van der Waals surface area contributed by atoms with Crippen molar-refractivity contribution in [1.29, 1.82) is 0 Å². The molecule has 2 aromatic rings. The molecule has 0 aliphatic carbocycles. The predicted molar refractivity (Wildman–Crippen MR) is 50.5 cm³/mol. The fourth-order valence-corrected chi connectivity index (χ4v) is 1.54. The molecule has 14 heavy (non-hydrogen) atoms. The van der Waals surface area contributed by atoms with Crippen LogP contribution < -0.4 is 0 Å². The molecule has 1 N–H and O–H groups in total. The Morgan fingerprint density at radius 1 is 1.14 bits per heavy atom. The molecular formula is C10H5ClF2O. The minimum atomic E-state index is -0.961. The summed E-state index contributed by atoms with van der Waals surface area (Å²) in [7, 11) is 0. The first-order valence-electron chi connectivity index (χ1n) is 3.86. The molecule has 2 rings (SSSR count). The minimum absolute atomic E-state index is 0.195. The van der Waals surface area contributed by atoms with Gasteiger partial charge in [-0.2, -0.15) is 0 Å². The summed E-state index contributed by atoms with van der Waals surface area (Å²) in [5, 5.41) is 9.31. The minimum Gasteiger partial charge on any atom is -0.505 e. The lowest BCUT2D eigenvalue weighted by Crippen LogP contribution is -1.86. The Hall–Kier alpha value is -1.35. The van der Waals surface area contributed by atoms with Crippen LogP contribution in [0.5, 0.6) is 5.75 Å². The summed E-state index contributed by atoms with van der Waals surface area (Å²) in [5.74, 6) is -2.31. The van der Waals surface area contributed by atoms with E-state index in [1.165, 1.54) is 12.1 Å². The highest BCUT2D eigenvalue weighted by Gasteiger charge is 2.11. The molecule has 72 valence electrons. The van der Waals surface area contributed by atoms with E-state index in [0.29, 0.717) is 5.39 Å². The summed E-state index contributed by atoms with van der Waals surface area (Å²) in [6.07, 6.45) is 0. The molecule has 0 amide bonds. The zero-order valence-electron chi connectivity index (χ0n) is 6.89. The summed E-state index contributed by atoms with van der Waals surface area (Å²) in [4.78, 5) is 0. The second-order valence-corrected chi connectivity index (χ2v) is 3.32. The second kappa shape index (κ2) is 3.10. The molecule has 0 aromatic heterocycles.